The largest absolute Gasteiger partial charge is 0.481 e. The standard InChI is InChI=1S/C16H27NO3/c1-12-5-7-13(8-6-12)14(18)17-11-16(15(19)20)9-3-2-4-10-16/h12-13H,2-11H2,1H3,(H,17,18)(H,19,20). The van der Waals surface area contributed by atoms with Crippen LogP contribution >= 0.6 is 0 Å². The van der Waals surface area contributed by atoms with E-state index in [1.54, 1.807) is 0 Å². The van der Waals surface area contributed by atoms with Crippen molar-refractivity contribution in [2.45, 2.75) is 64.7 Å². The van der Waals surface area contributed by atoms with Gasteiger partial charge in [0.2, 0.25) is 5.91 Å². The predicted octanol–water partition coefficient (Wildman–Crippen LogP) is 2.96. The van der Waals surface area contributed by atoms with E-state index in [-0.39, 0.29) is 11.8 Å². The van der Waals surface area contributed by atoms with Gasteiger partial charge in [0.15, 0.2) is 0 Å². The summed E-state index contributed by atoms with van der Waals surface area (Å²) in [5.74, 6) is 0.154. The van der Waals surface area contributed by atoms with Crippen molar-refractivity contribution in [3.63, 3.8) is 0 Å². The van der Waals surface area contributed by atoms with Crippen molar-refractivity contribution in [3.8, 4) is 0 Å². The molecule has 4 nitrogen and oxygen atoms in total. The van der Waals surface area contributed by atoms with E-state index in [0.717, 1.165) is 50.9 Å². The van der Waals surface area contributed by atoms with Crippen LogP contribution in [0.3, 0.4) is 0 Å². The van der Waals surface area contributed by atoms with E-state index in [9.17, 15) is 14.7 Å². The Morgan fingerprint density at radius 1 is 1.10 bits per heavy atom. The maximum atomic E-state index is 12.2. The quantitative estimate of drug-likeness (QED) is 0.832. The van der Waals surface area contributed by atoms with Gasteiger partial charge in [-0.05, 0) is 44.4 Å². The first-order valence-corrected chi connectivity index (χ1v) is 8.05. The Bertz CT molecular complexity index is 353. The number of hydrogen-bond acceptors (Lipinski definition) is 2. The Morgan fingerprint density at radius 3 is 2.25 bits per heavy atom. The summed E-state index contributed by atoms with van der Waals surface area (Å²) >= 11 is 0. The summed E-state index contributed by atoms with van der Waals surface area (Å²) in [7, 11) is 0. The maximum absolute atomic E-state index is 12.2. The molecule has 0 heterocycles. The lowest BCUT2D eigenvalue weighted by Gasteiger charge is -2.34. The zero-order valence-electron chi connectivity index (χ0n) is 12.5. The van der Waals surface area contributed by atoms with E-state index in [0.29, 0.717) is 19.4 Å². The van der Waals surface area contributed by atoms with Crippen molar-refractivity contribution in [1.29, 1.82) is 0 Å². The number of carbonyl (C=O) groups is 2. The first kappa shape index (κ1) is 15.3. The highest BCUT2D eigenvalue weighted by Gasteiger charge is 2.40. The molecule has 1 amide bonds. The maximum Gasteiger partial charge on any atom is 0.311 e. The van der Waals surface area contributed by atoms with Crippen LogP contribution in [-0.2, 0) is 9.59 Å². The van der Waals surface area contributed by atoms with Crippen LogP contribution in [0.2, 0.25) is 0 Å². The van der Waals surface area contributed by atoms with E-state index in [1.807, 2.05) is 0 Å². The number of nitrogens with one attached hydrogen (secondary N) is 1. The molecule has 4 heteroatoms. The van der Waals surface area contributed by atoms with E-state index in [2.05, 4.69) is 12.2 Å². The molecule has 0 unspecified atom stereocenters. The summed E-state index contributed by atoms with van der Waals surface area (Å²) in [6, 6.07) is 0. The van der Waals surface area contributed by atoms with Crippen LogP contribution in [0, 0.1) is 17.3 Å². The zero-order chi connectivity index (χ0) is 14.6. The average molecular weight is 281 g/mol. The summed E-state index contributed by atoms with van der Waals surface area (Å²) in [6.07, 6.45) is 8.56. The van der Waals surface area contributed by atoms with E-state index >= 15 is 0 Å². The first-order chi connectivity index (χ1) is 9.53. The molecule has 0 bridgehead atoms. The third kappa shape index (κ3) is 3.53. The third-order valence-electron chi connectivity index (χ3n) is 5.25. The molecular weight excluding hydrogens is 254 g/mol. The Morgan fingerprint density at radius 2 is 1.70 bits per heavy atom. The molecule has 0 aromatic rings. The van der Waals surface area contributed by atoms with Crippen molar-refractivity contribution in [2.24, 2.45) is 17.3 Å². The highest BCUT2D eigenvalue weighted by molar-refractivity contribution is 5.80. The Kier molecular flexibility index (Phi) is 5.06. The van der Waals surface area contributed by atoms with Gasteiger partial charge in [-0.15, -0.1) is 0 Å². The molecule has 2 rings (SSSR count). The normalized spacial score (nSPS) is 29.6. The fourth-order valence-electron chi connectivity index (χ4n) is 3.62. The molecule has 2 aliphatic rings. The number of carboxylic acid groups (broad SMARTS) is 1. The molecule has 2 saturated carbocycles. The van der Waals surface area contributed by atoms with Gasteiger partial charge >= 0.3 is 5.97 Å². The van der Waals surface area contributed by atoms with Gasteiger partial charge in [-0.3, -0.25) is 9.59 Å². The van der Waals surface area contributed by atoms with Crippen molar-refractivity contribution >= 4 is 11.9 Å². The smallest absolute Gasteiger partial charge is 0.311 e. The number of carbonyl (C=O) groups excluding carboxylic acids is 1. The van der Waals surface area contributed by atoms with Crippen molar-refractivity contribution in [1.82, 2.24) is 5.32 Å². The molecule has 0 aliphatic heterocycles. The molecule has 0 aromatic carbocycles. The SMILES string of the molecule is CC1CCC(C(=O)NCC2(C(=O)O)CCCCC2)CC1. The highest BCUT2D eigenvalue weighted by Crippen LogP contribution is 2.36. The molecule has 0 atom stereocenters. The monoisotopic (exact) mass is 281 g/mol. The van der Waals surface area contributed by atoms with Gasteiger partial charge in [0.05, 0.1) is 5.41 Å². The zero-order valence-corrected chi connectivity index (χ0v) is 12.5. The minimum atomic E-state index is -0.741. The van der Waals surface area contributed by atoms with Crippen LogP contribution < -0.4 is 5.32 Å². The van der Waals surface area contributed by atoms with Gasteiger partial charge in [0.25, 0.3) is 0 Å². The molecule has 2 N–H and O–H groups in total. The first-order valence-electron chi connectivity index (χ1n) is 8.05. The van der Waals surface area contributed by atoms with Crippen molar-refractivity contribution in [3.05, 3.63) is 0 Å². The van der Waals surface area contributed by atoms with E-state index < -0.39 is 11.4 Å². The molecule has 2 fully saturated rings. The average Bonchev–Trinajstić information content (AvgIpc) is 2.46. The van der Waals surface area contributed by atoms with Gasteiger partial charge in [-0.25, -0.2) is 0 Å². The van der Waals surface area contributed by atoms with E-state index in [1.165, 1.54) is 0 Å². The molecule has 0 aromatic heterocycles. The fraction of sp³-hybridized carbons (Fsp3) is 0.875. The summed E-state index contributed by atoms with van der Waals surface area (Å²) in [6.45, 7) is 2.54. The highest BCUT2D eigenvalue weighted by atomic mass is 16.4. The van der Waals surface area contributed by atoms with Gasteiger partial charge in [-0.1, -0.05) is 26.2 Å². The summed E-state index contributed by atoms with van der Waals surface area (Å²) in [5.41, 5.74) is -0.712. The van der Waals surface area contributed by atoms with Gasteiger partial charge < -0.3 is 10.4 Å². The number of rotatable bonds is 4. The van der Waals surface area contributed by atoms with Crippen LogP contribution in [0.25, 0.3) is 0 Å². The molecular formula is C16H27NO3. The van der Waals surface area contributed by atoms with Gasteiger partial charge in [0, 0.05) is 12.5 Å². The fourth-order valence-corrected chi connectivity index (χ4v) is 3.62. The molecule has 0 radical (unpaired) electrons. The molecule has 0 spiro atoms. The second-order valence-electron chi connectivity index (χ2n) is 6.82. The minimum Gasteiger partial charge on any atom is -0.481 e. The Labute approximate surface area is 121 Å². The minimum absolute atomic E-state index is 0.0723. The summed E-state index contributed by atoms with van der Waals surface area (Å²) in [4.78, 5) is 23.8. The van der Waals surface area contributed by atoms with Crippen LogP contribution in [-0.4, -0.2) is 23.5 Å². The lowest BCUT2D eigenvalue weighted by Crippen LogP contribution is -2.46. The summed E-state index contributed by atoms with van der Waals surface area (Å²) < 4.78 is 0. The van der Waals surface area contributed by atoms with Gasteiger partial charge in [-0.2, -0.15) is 0 Å². The Balaban J connectivity index is 1.86. The predicted molar refractivity (Wildman–Crippen MR) is 77.3 cm³/mol. The van der Waals surface area contributed by atoms with Crippen LogP contribution in [0.1, 0.15) is 64.7 Å². The Hall–Kier alpha value is -1.06. The number of hydrogen-bond donors (Lipinski definition) is 2. The summed E-state index contributed by atoms with van der Waals surface area (Å²) in [5, 5.41) is 12.4. The van der Waals surface area contributed by atoms with Gasteiger partial charge in [0.1, 0.15) is 0 Å². The molecule has 20 heavy (non-hydrogen) atoms. The number of aliphatic carboxylic acids is 1. The molecule has 114 valence electrons. The molecule has 2 aliphatic carbocycles. The molecule has 0 saturated heterocycles. The second kappa shape index (κ2) is 6.59. The number of carboxylic acids is 1. The number of amides is 1. The van der Waals surface area contributed by atoms with Crippen LogP contribution in [0.15, 0.2) is 0 Å². The van der Waals surface area contributed by atoms with Crippen molar-refractivity contribution in [2.75, 3.05) is 6.54 Å². The van der Waals surface area contributed by atoms with E-state index in [4.69, 9.17) is 0 Å². The second-order valence-corrected chi connectivity index (χ2v) is 6.82. The van der Waals surface area contributed by atoms with Crippen LogP contribution in [0.5, 0.6) is 0 Å². The lowest BCUT2D eigenvalue weighted by molar-refractivity contribution is -0.151. The van der Waals surface area contributed by atoms with Crippen LogP contribution in [0.4, 0.5) is 0 Å². The lowest BCUT2D eigenvalue weighted by atomic mass is 9.74. The third-order valence-corrected chi connectivity index (χ3v) is 5.25. The van der Waals surface area contributed by atoms with Crippen molar-refractivity contribution < 1.29 is 14.7 Å². The topological polar surface area (TPSA) is 66.4 Å².